The van der Waals surface area contributed by atoms with Crippen LogP contribution in [0.4, 0.5) is 5.69 Å². The number of hydrogen-bond donors (Lipinski definition) is 4. The summed E-state index contributed by atoms with van der Waals surface area (Å²) in [5, 5.41) is 34.3. The lowest BCUT2D eigenvalue weighted by molar-refractivity contribution is -0.131. The largest absolute Gasteiger partial charge is 0.507 e. The van der Waals surface area contributed by atoms with Gasteiger partial charge in [-0.25, -0.2) is 0 Å². The zero-order valence-electron chi connectivity index (χ0n) is 19.6. The summed E-state index contributed by atoms with van der Waals surface area (Å²) in [6.07, 6.45) is 0.497. The maximum Gasteiger partial charge on any atom is 0.308 e. The van der Waals surface area contributed by atoms with Crippen molar-refractivity contribution < 1.29 is 39.2 Å². The third-order valence-corrected chi connectivity index (χ3v) is 6.14. The Hall–Kier alpha value is -4.34. The van der Waals surface area contributed by atoms with Crippen molar-refractivity contribution in [1.82, 2.24) is 5.32 Å². The van der Waals surface area contributed by atoms with E-state index in [-0.39, 0.29) is 28.9 Å². The van der Waals surface area contributed by atoms with Crippen molar-refractivity contribution in [2.24, 2.45) is 5.92 Å². The van der Waals surface area contributed by atoms with Crippen LogP contribution in [0.5, 0.6) is 17.2 Å². The highest BCUT2D eigenvalue weighted by molar-refractivity contribution is 6.19. The Morgan fingerprint density at radius 2 is 1.71 bits per heavy atom. The summed E-state index contributed by atoms with van der Waals surface area (Å²) >= 11 is 0. The van der Waals surface area contributed by atoms with Crippen molar-refractivity contribution in [3.05, 3.63) is 51.6 Å². The fourth-order valence-corrected chi connectivity index (χ4v) is 4.85. The Morgan fingerprint density at radius 3 is 2.31 bits per heavy atom. The van der Waals surface area contributed by atoms with Gasteiger partial charge in [-0.2, -0.15) is 0 Å². The van der Waals surface area contributed by atoms with E-state index in [4.69, 9.17) is 4.74 Å². The van der Waals surface area contributed by atoms with Crippen LogP contribution in [0.3, 0.4) is 0 Å². The monoisotopic (exact) mass is 480 g/mol. The predicted molar refractivity (Wildman–Crippen MR) is 125 cm³/mol. The van der Waals surface area contributed by atoms with Gasteiger partial charge in [-0.1, -0.05) is 0 Å². The second-order valence-electron chi connectivity index (χ2n) is 8.79. The van der Waals surface area contributed by atoms with Crippen molar-refractivity contribution >= 4 is 35.0 Å². The molecule has 0 heterocycles. The minimum absolute atomic E-state index is 0.00761. The topological polar surface area (TPSA) is 153 Å². The molecule has 0 unspecified atom stereocenters. The number of phenols is 2. The molecule has 0 saturated heterocycles. The van der Waals surface area contributed by atoms with E-state index in [1.54, 1.807) is 6.07 Å². The molecule has 10 nitrogen and oxygen atoms in total. The Bertz CT molecular complexity index is 1360. The number of Topliss-reactive ketones (excluding diaryl/α,β-unsaturated/α-hetero) is 1. The zero-order valence-corrected chi connectivity index (χ0v) is 19.6. The average Bonchev–Trinajstić information content (AvgIpc) is 2.71. The van der Waals surface area contributed by atoms with Gasteiger partial charge in [-0.15, -0.1) is 0 Å². The first kappa shape index (κ1) is 23.8. The van der Waals surface area contributed by atoms with E-state index in [2.05, 4.69) is 0 Å². The molecule has 10 heteroatoms. The number of ether oxygens (including phenoxy) is 1. The van der Waals surface area contributed by atoms with Gasteiger partial charge < -0.3 is 25.0 Å². The number of allylic oxidation sites excluding steroid dienone is 1. The van der Waals surface area contributed by atoms with E-state index >= 15 is 0 Å². The molecule has 2 aromatic rings. The van der Waals surface area contributed by atoms with Gasteiger partial charge in [0.1, 0.15) is 22.8 Å². The van der Waals surface area contributed by atoms with Gasteiger partial charge in [0, 0.05) is 39.2 Å². The first-order chi connectivity index (χ1) is 16.4. The number of phenolic OH excluding ortho intramolecular Hbond substituents is 2. The van der Waals surface area contributed by atoms with Crippen LogP contribution in [-0.4, -0.2) is 53.0 Å². The number of rotatable bonds is 3. The number of hydrogen-bond acceptors (Lipinski definition) is 9. The lowest BCUT2D eigenvalue weighted by Gasteiger charge is -2.34. The number of amides is 2. The standard InChI is InChI=1S/C25H24N2O8/c1-10(28)26-25(34)21-17(31)9-13-7-12-8-14-15(27(3)4)5-6-16(30)20(14)23(33)18(12)22(32)19(13)24(21)35-11(2)29/h5-6,9,12,30-31,33H,7-8H2,1-4H3,(H,26,28,34)/t12-/m1/s1. The second kappa shape index (κ2) is 8.46. The van der Waals surface area contributed by atoms with Gasteiger partial charge in [0.15, 0.2) is 11.5 Å². The fourth-order valence-electron chi connectivity index (χ4n) is 4.85. The van der Waals surface area contributed by atoms with E-state index in [1.807, 2.05) is 24.3 Å². The third-order valence-electron chi connectivity index (χ3n) is 6.14. The van der Waals surface area contributed by atoms with Gasteiger partial charge >= 0.3 is 5.97 Å². The molecule has 35 heavy (non-hydrogen) atoms. The molecule has 0 saturated carbocycles. The summed E-state index contributed by atoms with van der Waals surface area (Å²) in [5.74, 6) is -5.48. The quantitative estimate of drug-likeness (QED) is 0.383. The van der Waals surface area contributed by atoms with E-state index < -0.39 is 52.3 Å². The Balaban J connectivity index is 1.97. The Labute approximate surface area is 200 Å². The number of nitrogens with one attached hydrogen (secondary N) is 1. The van der Waals surface area contributed by atoms with Crippen LogP contribution in [-0.2, 0) is 22.4 Å². The molecule has 1 atom stereocenters. The molecular weight excluding hydrogens is 456 g/mol. The number of aromatic hydroxyl groups is 2. The molecule has 0 bridgehead atoms. The Kier molecular flexibility index (Phi) is 5.75. The predicted octanol–water partition coefficient (Wildman–Crippen LogP) is 2.25. The third kappa shape index (κ3) is 3.86. The number of anilines is 1. The van der Waals surface area contributed by atoms with Crippen LogP contribution < -0.4 is 15.0 Å². The molecule has 2 aromatic carbocycles. The molecule has 0 aliphatic heterocycles. The van der Waals surface area contributed by atoms with Gasteiger partial charge in [-0.3, -0.25) is 24.5 Å². The van der Waals surface area contributed by atoms with Crippen molar-refractivity contribution in [3.63, 3.8) is 0 Å². The molecule has 4 N–H and O–H groups in total. The summed E-state index contributed by atoms with van der Waals surface area (Å²) in [6, 6.07) is 4.38. The van der Waals surface area contributed by atoms with E-state index in [0.29, 0.717) is 17.5 Å². The number of benzene rings is 2. The van der Waals surface area contributed by atoms with Crippen LogP contribution in [0, 0.1) is 5.92 Å². The van der Waals surface area contributed by atoms with Crippen molar-refractivity contribution in [3.8, 4) is 17.2 Å². The second-order valence-corrected chi connectivity index (χ2v) is 8.79. The molecule has 4 rings (SSSR count). The number of esters is 1. The van der Waals surface area contributed by atoms with Crippen LogP contribution >= 0.6 is 0 Å². The van der Waals surface area contributed by atoms with Gasteiger partial charge in [0.25, 0.3) is 5.91 Å². The minimum Gasteiger partial charge on any atom is -0.507 e. The lowest BCUT2D eigenvalue weighted by atomic mass is 9.70. The van der Waals surface area contributed by atoms with Crippen LogP contribution in [0.15, 0.2) is 23.8 Å². The van der Waals surface area contributed by atoms with Crippen LogP contribution in [0.1, 0.15) is 51.3 Å². The molecule has 182 valence electrons. The van der Waals surface area contributed by atoms with Gasteiger partial charge in [0.2, 0.25) is 5.91 Å². The molecule has 2 aliphatic carbocycles. The Morgan fingerprint density at radius 1 is 1.03 bits per heavy atom. The van der Waals surface area contributed by atoms with Crippen LogP contribution in [0.25, 0.3) is 5.76 Å². The van der Waals surface area contributed by atoms with Gasteiger partial charge in [0.05, 0.1) is 11.1 Å². The summed E-state index contributed by atoms with van der Waals surface area (Å²) in [5.41, 5.74) is 1.18. The van der Waals surface area contributed by atoms with Crippen LogP contribution in [0.2, 0.25) is 0 Å². The summed E-state index contributed by atoms with van der Waals surface area (Å²) in [6.45, 7) is 2.15. The number of nitrogens with zero attached hydrogens (tertiary/aromatic N) is 1. The maximum atomic E-state index is 13.7. The molecular formula is C25H24N2O8. The fraction of sp³-hybridized carbons (Fsp3) is 0.280. The SMILES string of the molecule is CC(=O)NC(=O)c1c(O)cc2c(c1OC(C)=O)C(=O)C1=C(O)c3c(O)ccc(N(C)C)c3C[C@H]1C2. The van der Waals surface area contributed by atoms with E-state index in [9.17, 15) is 34.5 Å². The smallest absolute Gasteiger partial charge is 0.308 e. The number of aliphatic hydroxyl groups excluding tert-OH is 1. The molecule has 2 amide bonds. The molecule has 0 aromatic heterocycles. The van der Waals surface area contributed by atoms with E-state index in [1.165, 1.54) is 12.1 Å². The van der Waals surface area contributed by atoms with Crippen molar-refractivity contribution in [2.75, 3.05) is 19.0 Å². The zero-order chi connectivity index (χ0) is 25.8. The highest BCUT2D eigenvalue weighted by atomic mass is 16.5. The molecule has 0 fully saturated rings. The molecule has 0 radical (unpaired) electrons. The number of fused-ring (bicyclic) bond motifs is 3. The minimum atomic E-state index is -1.05. The number of carbonyl (C=O) groups is 4. The van der Waals surface area contributed by atoms with Gasteiger partial charge in [-0.05, 0) is 48.1 Å². The summed E-state index contributed by atoms with van der Waals surface area (Å²) in [7, 11) is 3.64. The normalized spacial score (nSPS) is 16.1. The number of imide groups is 1. The summed E-state index contributed by atoms with van der Waals surface area (Å²) in [4.78, 5) is 51.5. The molecule has 2 aliphatic rings. The first-order valence-corrected chi connectivity index (χ1v) is 10.8. The lowest BCUT2D eigenvalue weighted by Crippen LogP contribution is -2.33. The highest BCUT2D eigenvalue weighted by Gasteiger charge is 2.42. The summed E-state index contributed by atoms with van der Waals surface area (Å²) < 4.78 is 5.20. The molecule has 0 spiro atoms. The van der Waals surface area contributed by atoms with Crippen molar-refractivity contribution in [1.29, 1.82) is 0 Å². The number of carbonyl (C=O) groups excluding carboxylic acids is 4. The first-order valence-electron chi connectivity index (χ1n) is 10.8. The van der Waals surface area contributed by atoms with Crippen molar-refractivity contribution in [2.45, 2.75) is 26.7 Å². The number of ketones is 1. The average molecular weight is 480 g/mol. The maximum absolute atomic E-state index is 13.7. The number of aliphatic hydroxyl groups is 1. The highest BCUT2D eigenvalue weighted by Crippen LogP contribution is 2.49. The van der Waals surface area contributed by atoms with E-state index in [0.717, 1.165) is 19.5 Å².